The fourth-order valence-corrected chi connectivity index (χ4v) is 1.88. The van der Waals surface area contributed by atoms with Gasteiger partial charge in [-0.25, -0.2) is 0 Å². The molecule has 4 nitrogen and oxygen atoms in total. The van der Waals surface area contributed by atoms with Gasteiger partial charge in [-0.05, 0) is 19.1 Å². The van der Waals surface area contributed by atoms with Gasteiger partial charge in [0.2, 0.25) is 5.91 Å². The molecule has 0 N–H and O–H groups in total. The molecular formula is C13H17NO3. The predicted octanol–water partition coefficient (Wildman–Crippen LogP) is 1.69. The number of nitrogens with zero attached hydrogens (tertiary/aromatic N) is 1. The van der Waals surface area contributed by atoms with Gasteiger partial charge < -0.3 is 14.4 Å². The first-order chi connectivity index (χ1) is 8.20. The van der Waals surface area contributed by atoms with Gasteiger partial charge in [0, 0.05) is 13.5 Å². The van der Waals surface area contributed by atoms with Crippen molar-refractivity contribution in [3.63, 3.8) is 0 Å². The highest BCUT2D eigenvalue weighted by molar-refractivity contribution is 5.73. The molecule has 0 saturated heterocycles. The van der Waals surface area contributed by atoms with Gasteiger partial charge in [-0.1, -0.05) is 12.1 Å². The van der Waals surface area contributed by atoms with Crippen molar-refractivity contribution in [3.8, 4) is 11.5 Å². The maximum Gasteiger partial charge on any atom is 0.219 e. The van der Waals surface area contributed by atoms with Crippen LogP contribution in [0.15, 0.2) is 24.3 Å². The number of amides is 1. The van der Waals surface area contributed by atoms with E-state index in [1.807, 2.05) is 31.2 Å². The number of benzene rings is 1. The SMILES string of the molecule is CCN(CC1COc2ccccc2O1)C(C)=O. The summed E-state index contributed by atoms with van der Waals surface area (Å²) in [5.74, 6) is 1.59. The van der Waals surface area contributed by atoms with Crippen LogP contribution < -0.4 is 9.47 Å². The van der Waals surface area contributed by atoms with Crippen LogP contribution in [0.4, 0.5) is 0 Å². The fraction of sp³-hybridized carbons (Fsp3) is 0.462. The van der Waals surface area contributed by atoms with Crippen LogP contribution in [0, 0.1) is 0 Å². The van der Waals surface area contributed by atoms with Gasteiger partial charge in [0.05, 0.1) is 6.54 Å². The molecule has 92 valence electrons. The minimum atomic E-state index is -0.0891. The van der Waals surface area contributed by atoms with Crippen LogP contribution in [-0.4, -0.2) is 36.6 Å². The Bertz CT molecular complexity index is 405. The number of para-hydroxylation sites is 2. The molecule has 0 aliphatic carbocycles. The monoisotopic (exact) mass is 235 g/mol. The minimum Gasteiger partial charge on any atom is -0.486 e. The van der Waals surface area contributed by atoms with E-state index in [9.17, 15) is 4.79 Å². The lowest BCUT2D eigenvalue weighted by atomic mass is 10.2. The largest absolute Gasteiger partial charge is 0.486 e. The van der Waals surface area contributed by atoms with E-state index in [1.165, 1.54) is 0 Å². The third kappa shape index (κ3) is 2.70. The second kappa shape index (κ2) is 5.08. The van der Waals surface area contributed by atoms with Crippen LogP contribution in [0.3, 0.4) is 0 Å². The highest BCUT2D eigenvalue weighted by atomic mass is 16.6. The molecule has 1 aliphatic heterocycles. The number of fused-ring (bicyclic) bond motifs is 1. The highest BCUT2D eigenvalue weighted by Crippen LogP contribution is 2.30. The average Bonchev–Trinajstić information content (AvgIpc) is 2.35. The maximum atomic E-state index is 11.3. The Morgan fingerprint density at radius 1 is 1.41 bits per heavy atom. The molecule has 1 aliphatic rings. The number of hydrogen-bond acceptors (Lipinski definition) is 3. The second-order valence-electron chi connectivity index (χ2n) is 4.06. The lowest BCUT2D eigenvalue weighted by Crippen LogP contribution is -2.42. The Labute approximate surface area is 101 Å². The van der Waals surface area contributed by atoms with E-state index in [-0.39, 0.29) is 12.0 Å². The molecule has 1 atom stereocenters. The smallest absolute Gasteiger partial charge is 0.219 e. The van der Waals surface area contributed by atoms with E-state index in [0.717, 1.165) is 11.5 Å². The van der Waals surface area contributed by atoms with Crippen LogP contribution in [0.5, 0.6) is 11.5 Å². The molecule has 2 rings (SSSR count). The Balaban J connectivity index is 2.00. The molecule has 1 heterocycles. The van der Waals surface area contributed by atoms with Gasteiger partial charge >= 0.3 is 0 Å². The molecular weight excluding hydrogens is 218 g/mol. The number of likely N-dealkylation sites (N-methyl/N-ethyl adjacent to an activating group) is 1. The molecule has 0 aromatic heterocycles. The molecule has 4 heteroatoms. The van der Waals surface area contributed by atoms with Gasteiger partial charge in [0.25, 0.3) is 0 Å². The van der Waals surface area contributed by atoms with Crippen LogP contribution in [0.1, 0.15) is 13.8 Å². The fourth-order valence-electron chi connectivity index (χ4n) is 1.88. The van der Waals surface area contributed by atoms with Crippen molar-refractivity contribution in [1.29, 1.82) is 0 Å². The molecule has 0 radical (unpaired) electrons. The molecule has 1 aromatic rings. The Hall–Kier alpha value is -1.71. The summed E-state index contributed by atoms with van der Waals surface area (Å²) in [5.41, 5.74) is 0. The third-order valence-corrected chi connectivity index (χ3v) is 2.82. The lowest BCUT2D eigenvalue weighted by molar-refractivity contribution is -0.130. The topological polar surface area (TPSA) is 38.8 Å². The second-order valence-corrected chi connectivity index (χ2v) is 4.06. The molecule has 0 bridgehead atoms. The molecule has 1 unspecified atom stereocenters. The Morgan fingerprint density at radius 3 is 2.76 bits per heavy atom. The number of rotatable bonds is 3. The van der Waals surface area contributed by atoms with Crippen LogP contribution in [-0.2, 0) is 4.79 Å². The predicted molar refractivity (Wildman–Crippen MR) is 64.3 cm³/mol. The van der Waals surface area contributed by atoms with Crippen LogP contribution in [0.25, 0.3) is 0 Å². The van der Waals surface area contributed by atoms with E-state index in [4.69, 9.17) is 9.47 Å². The number of carbonyl (C=O) groups excluding carboxylic acids is 1. The minimum absolute atomic E-state index is 0.0648. The van der Waals surface area contributed by atoms with Crippen molar-refractivity contribution in [3.05, 3.63) is 24.3 Å². The van der Waals surface area contributed by atoms with Crippen molar-refractivity contribution >= 4 is 5.91 Å². The van der Waals surface area contributed by atoms with E-state index >= 15 is 0 Å². The molecule has 1 aromatic carbocycles. The molecule has 17 heavy (non-hydrogen) atoms. The summed E-state index contributed by atoms with van der Waals surface area (Å²) in [5, 5.41) is 0. The van der Waals surface area contributed by atoms with E-state index in [0.29, 0.717) is 19.7 Å². The summed E-state index contributed by atoms with van der Waals surface area (Å²) >= 11 is 0. The van der Waals surface area contributed by atoms with Crippen molar-refractivity contribution < 1.29 is 14.3 Å². The van der Waals surface area contributed by atoms with Gasteiger partial charge in [0.1, 0.15) is 6.61 Å². The summed E-state index contributed by atoms with van der Waals surface area (Å²) in [4.78, 5) is 13.1. The van der Waals surface area contributed by atoms with E-state index in [1.54, 1.807) is 11.8 Å². The molecule has 1 amide bonds. The average molecular weight is 235 g/mol. The third-order valence-electron chi connectivity index (χ3n) is 2.82. The maximum absolute atomic E-state index is 11.3. The van der Waals surface area contributed by atoms with Gasteiger partial charge in [-0.3, -0.25) is 4.79 Å². The normalized spacial score (nSPS) is 17.6. The zero-order valence-electron chi connectivity index (χ0n) is 10.2. The van der Waals surface area contributed by atoms with Crippen molar-refractivity contribution in [2.75, 3.05) is 19.7 Å². The zero-order chi connectivity index (χ0) is 12.3. The van der Waals surface area contributed by atoms with Crippen LogP contribution >= 0.6 is 0 Å². The molecule has 0 saturated carbocycles. The number of hydrogen-bond donors (Lipinski definition) is 0. The summed E-state index contributed by atoms with van der Waals surface area (Å²) in [6, 6.07) is 7.59. The quantitative estimate of drug-likeness (QED) is 0.800. The zero-order valence-corrected chi connectivity index (χ0v) is 10.2. The van der Waals surface area contributed by atoms with E-state index < -0.39 is 0 Å². The van der Waals surface area contributed by atoms with Gasteiger partial charge in [-0.15, -0.1) is 0 Å². The summed E-state index contributed by atoms with van der Waals surface area (Å²) in [6.07, 6.45) is -0.0891. The Kier molecular flexibility index (Phi) is 3.52. The van der Waals surface area contributed by atoms with E-state index in [2.05, 4.69) is 0 Å². The first-order valence-corrected chi connectivity index (χ1v) is 5.84. The van der Waals surface area contributed by atoms with Crippen molar-refractivity contribution in [1.82, 2.24) is 4.90 Å². The van der Waals surface area contributed by atoms with Gasteiger partial charge in [-0.2, -0.15) is 0 Å². The highest BCUT2D eigenvalue weighted by Gasteiger charge is 2.23. The summed E-state index contributed by atoms with van der Waals surface area (Å²) in [7, 11) is 0. The first-order valence-electron chi connectivity index (χ1n) is 5.84. The van der Waals surface area contributed by atoms with Gasteiger partial charge in [0.15, 0.2) is 17.6 Å². The first kappa shape index (κ1) is 11.8. The number of ether oxygens (including phenoxy) is 2. The molecule has 0 spiro atoms. The van der Waals surface area contributed by atoms with Crippen molar-refractivity contribution in [2.45, 2.75) is 20.0 Å². The Morgan fingerprint density at radius 2 is 2.12 bits per heavy atom. The lowest BCUT2D eigenvalue weighted by Gasteiger charge is -2.30. The molecule has 0 fully saturated rings. The standard InChI is InChI=1S/C13H17NO3/c1-3-14(10(2)15)8-11-9-16-12-6-4-5-7-13(12)17-11/h4-7,11H,3,8-9H2,1-2H3. The van der Waals surface area contributed by atoms with Crippen molar-refractivity contribution in [2.24, 2.45) is 0 Å². The van der Waals surface area contributed by atoms with Crippen LogP contribution in [0.2, 0.25) is 0 Å². The number of carbonyl (C=O) groups is 1. The summed E-state index contributed by atoms with van der Waals surface area (Å²) < 4.78 is 11.4. The summed E-state index contributed by atoms with van der Waals surface area (Å²) in [6.45, 7) is 5.28.